The third kappa shape index (κ3) is 3.73. The highest BCUT2D eigenvalue weighted by atomic mass is 32.2. The van der Waals surface area contributed by atoms with Crippen LogP contribution in [0.5, 0.6) is 0 Å². The average Bonchev–Trinajstić information content (AvgIpc) is 2.84. The molecule has 1 N–H and O–H groups in total. The second kappa shape index (κ2) is 7.15. The summed E-state index contributed by atoms with van der Waals surface area (Å²) in [4.78, 5) is 24.7. The van der Waals surface area contributed by atoms with Crippen LogP contribution < -0.4 is 9.62 Å². The Balaban J connectivity index is 1.82. The van der Waals surface area contributed by atoms with Gasteiger partial charge in [-0.3, -0.25) is 9.59 Å². The van der Waals surface area contributed by atoms with Crippen molar-refractivity contribution >= 4 is 33.2 Å². The van der Waals surface area contributed by atoms with E-state index >= 15 is 0 Å². The molecule has 1 unspecified atom stereocenters. The van der Waals surface area contributed by atoms with Gasteiger partial charge in [0, 0.05) is 11.3 Å². The van der Waals surface area contributed by atoms with Crippen molar-refractivity contribution in [2.45, 2.75) is 27.2 Å². The molecule has 0 aromatic heterocycles. The van der Waals surface area contributed by atoms with E-state index in [0.29, 0.717) is 5.56 Å². The van der Waals surface area contributed by atoms with Gasteiger partial charge in [0.05, 0.1) is 17.4 Å². The lowest BCUT2D eigenvalue weighted by Gasteiger charge is -2.16. The van der Waals surface area contributed by atoms with Gasteiger partial charge in [0.15, 0.2) is 0 Å². The maximum absolute atomic E-state index is 12.5. The molecule has 7 heteroatoms. The Hall–Kier alpha value is -2.67. The van der Waals surface area contributed by atoms with Crippen LogP contribution in [-0.4, -0.2) is 26.0 Å². The molecule has 1 aliphatic heterocycles. The van der Waals surface area contributed by atoms with E-state index in [1.54, 1.807) is 6.92 Å². The number of aryl methyl sites for hydroxylation is 2. The summed E-state index contributed by atoms with van der Waals surface area (Å²) in [6, 6.07) is 11.9. The average molecular weight is 386 g/mol. The van der Waals surface area contributed by atoms with E-state index in [4.69, 9.17) is 0 Å². The lowest BCUT2D eigenvalue weighted by Crippen LogP contribution is -2.30. The van der Waals surface area contributed by atoms with E-state index in [2.05, 4.69) is 5.32 Å². The van der Waals surface area contributed by atoms with Gasteiger partial charge >= 0.3 is 0 Å². The number of carbonyl (C=O) groups is 2. The van der Waals surface area contributed by atoms with Gasteiger partial charge in [-0.25, -0.2) is 12.7 Å². The maximum Gasteiger partial charge on any atom is 0.255 e. The molecule has 2 amide bonds. The highest BCUT2D eigenvalue weighted by Crippen LogP contribution is 2.28. The van der Waals surface area contributed by atoms with Crippen LogP contribution >= 0.6 is 0 Å². The number of benzene rings is 2. The number of anilines is 2. The Morgan fingerprint density at radius 2 is 1.85 bits per heavy atom. The minimum Gasteiger partial charge on any atom is -0.322 e. The smallest absolute Gasteiger partial charge is 0.255 e. The summed E-state index contributed by atoms with van der Waals surface area (Å²) in [5.74, 6) is -1.49. The zero-order valence-electron chi connectivity index (χ0n) is 15.5. The van der Waals surface area contributed by atoms with Crippen LogP contribution in [-0.2, 0) is 21.2 Å². The third-order valence-electron chi connectivity index (χ3n) is 4.68. The monoisotopic (exact) mass is 386 g/mol. The number of nitrogens with zero attached hydrogens (tertiary/aromatic N) is 1. The van der Waals surface area contributed by atoms with Gasteiger partial charge < -0.3 is 5.32 Å². The highest BCUT2D eigenvalue weighted by Gasteiger charge is 2.41. The Morgan fingerprint density at radius 3 is 2.41 bits per heavy atom. The topological polar surface area (TPSA) is 83.6 Å². The fourth-order valence-electron chi connectivity index (χ4n) is 3.05. The normalized spacial score (nSPS) is 18.6. The van der Waals surface area contributed by atoms with Crippen molar-refractivity contribution < 1.29 is 18.0 Å². The van der Waals surface area contributed by atoms with Crippen LogP contribution in [0, 0.1) is 12.8 Å². The number of nitrogens with one attached hydrogen (secondary N) is 1. The zero-order valence-corrected chi connectivity index (χ0v) is 16.3. The molecule has 1 atom stereocenters. The van der Waals surface area contributed by atoms with Gasteiger partial charge in [0.1, 0.15) is 0 Å². The van der Waals surface area contributed by atoms with E-state index < -0.39 is 21.8 Å². The van der Waals surface area contributed by atoms with Crippen LogP contribution in [0.2, 0.25) is 0 Å². The summed E-state index contributed by atoms with van der Waals surface area (Å²) in [7, 11) is -3.65. The summed E-state index contributed by atoms with van der Waals surface area (Å²) in [6.45, 7) is 5.56. The molecule has 1 heterocycles. The second-order valence-electron chi connectivity index (χ2n) is 6.79. The largest absolute Gasteiger partial charge is 0.322 e. The maximum atomic E-state index is 12.5. The Labute approximate surface area is 159 Å². The highest BCUT2D eigenvalue weighted by molar-refractivity contribution is 7.94. The van der Waals surface area contributed by atoms with Crippen LogP contribution in [0.15, 0.2) is 42.5 Å². The molecule has 0 saturated carbocycles. The molecule has 2 aromatic carbocycles. The molecule has 0 radical (unpaired) electrons. The van der Waals surface area contributed by atoms with Crippen LogP contribution in [0.25, 0.3) is 0 Å². The van der Waals surface area contributed by atoms with Crippen molar-refractivity contribution in [2.24, 2.45) is 5.92 Å². The molecule has 0 spiro atoms. The lowest BCUT2D eigenvalue weighted by atomic mass is 10.1. The van der Waals surface area contributed by atoms with E-state index in [-0.39, 0.29) is 17.3 Å². The molecule has 0 bridgehead atoms. The quantitative estimate of drug-likeness (QED) is 0.875. The molecule has 1 fully saturated rings. The summed E-state index contributed by atoms with van der Waals surface area (Å²) in [5, 5.41) is 2.88. The van der Waals surface area contributed by atoms with Gasteiger partial charge in [0.25, 0.3) is 5.91 Å². The van der Waals surface area contributed by atoms with Gasteiger partial charge in [-0.1, -0.05) is 26.0 Å². The van der Waals surface area contributed by atoms with Gasteiger partial charge in [-0.2, -0.15) is 0 Å². The van der Waals surface area contributed by atoms with Crippen molar-refractivity contribution in [1.29, 1.82) is 0 Å². The van der Waals surface area contributed by atoms with Crippen LogP contribution in [0.4, 0.5) is 11.4 Å². The predicted molar refractivity (Wildman–Crippen MR) is 105 cm³/mol. The number of sulfonamides is 1. The van der Waals surface area contributed by atoms with Crippen molar-refractivity contribution in [1.82, 2.24) is 0 Å². The summed E-state index contributed by atoms with van der Waals surface area (Å²) < 4.78 is 25.2. The van der Waals surface area contributed by atoms with E-state index in [1.165, 1.54) is 24.3 Å². The number of amides is 2. The molecule has 1 saturated heterocycles. The molecule has 0 aliphatic carbocycles. The molecule has 3 rings (SSSR count). The first-order valence-electron chi connectivity index (χ1n) is 8.80. The summed E-state index contributed by atoms with van der Waals surface area (Å²) in [5.41, 5.74) is 3.47. The molecular formula is C20H22N2O4S. The van der Waals surface area contributed by atoms with E-state index in [0.717, 1.165) is 27.5 Å². The van der Waals surface area contributed by atoms with Crippen LogP contribution in [0.1, 0.15) is 35.3 Å². The molecular weight excluding hydrogens is 364 g/mol. The van der Waals surface area contributed by atoms with Crippen molar-refractivity contribution in [3.63, 3.8) is 0 Å². The number of carbonyl (C=O) groups excluding carboxylic acids is 2. The first-order valence-corrected chi connectivity index (χ1v) is 10.4. The summed E-state index contributed by atoms with van der Waals surface area (Å²) in [6.07, 6.45) is 0.870. The molecule has 2 aromatic rings. The van der Waals surface area contributed by atoms with Crippen LogP contribution in [0.3, 0.4) is 0 Å². The SMILES string of the molecule is CCc1ccc(C)c(NC(=O)c2ccc(N3C(=O)C(C)CS3(=O)=O)cc2)c1. The number of rotatable bonds is 4. The van der Waals surface area contributed by atoms with E-state index in [1.807, 2.05) is 32.0 Å². The predicted octanol–water partition coefficient (Wildman–Crippen LogP) is 3.12. The van der Waals surface area contributed by atoms with Gasteiger partial charge in [-0.05, 0) is 54.8 Å². The first-order chi connectivity index (χ1) is 12.7. The summed E-state index contributed by atoms with van der Waals surface area (Å²) >= 11 is 0. The van der Waals surface area contributed by atoms with Gasteiger partial charge in [0.2, 0.25) is 15.9 Å². The number of hydrogen-bond donors (Lipinski definition) is 1. The standard InChI is InChI=1S/C20H22N2O4S/c1-4-15-6-5-13(2)18(11-15)21-19(23)16-7-9-17(10-8-16)22-20(24)14(3)12-27(22,25)26/h5-11,14H,4,12H2,1-3H3,(H,21,23). The van der Waals surface area contributed by atoms with E-state index in [9.17, 15) is 18.0 Å². The molecule has 142 valence electrons. The fourth-order valence-corrected chi connectivity index (χ4v) is 4.87. The van der Waals surface area contributed by atoms with Crippen molar-refractivity contribution in [3.05, 3.63) is 59.2 Å². The number of hydrogen-bond acceptors (Lipinski definition) is 4. The Morgan fingerprint density at radius 1 is 1.19 bits per heavy atom. The Kier molecular flexibility index (Phi) is 5.06. The van der Waals surface area contributed by atoms with Gasteiger partial charge in [-0.15, -0.1) is 0 Å². The first kappa shape index (κ1) is 19.1. The minimum absolute atomic E-state index is 0.193. The van der Waals surface area contributed by atoms with Crippen molar-refractivity contribution in [3.8, 4) is 0 Å². The van der Waals surface area contributed by atoms with Crippen molar-refractivity contribution in [2.75, 3.05) is 15.4 Å². The molecule has 27 heavy (non-hydrogen) atoms. The molecule has 1 aliphatic rings. The minimum atomic E-state index is -3.65. The Bertz CT molecular complexity index is 997. The fraction of sp³-hybridized carbons (Fsp3) is 0.300. The second-order valence-corrected chi connectivity index (χ2v) is 8.65. The lowest BCUT2D eigenvalue weighted by molar-refractivity contribution is -0.119. The molecule has 6 nitrogen and oxygen atoms in total. The third-order valence-corrected chi connectivity index (χ3v) is 6.55. The zero-order chi connectivity index (χ0) is 19.8.